The van der Waals surface area contributed by atoms with Crippen molar-refractivity contribution >= 4 is 0 Å². The van der Waals surface area contributed by atoms with Gasteiger partial charge in [-0.25, -0.2) is 4.98 Å². The highest BCUT2D eigenvalue weighted by atomic mass is 15.6. The summed E-state index contributed by atoms with van der Waals surface area (Å²) in [6, 6.07) is 10.8. The zero-order valence-corrected chi connectivity index (χ0v) is 14.7. The van der Waals surface area contributed by atoms with Crippen LogP contribution in [0, 0.1) is 0 Å². The maximum atomic E-state index is 5.67. The number of hydrogen-bond acceptors (Lipinski definition) is 3. The lowest BCUT2D eigenvalue weighted by molar-refractivity contribution is 0.298. The van der Waals surface area contributed by atoms with Gasteiger partial charge in [0.15, 0.2) is 0 Å². The van der Waals surface area contributed by atoms with Gasteiger partial charge in [-0.3, -0.25) is 4.68 Å². The highest BCUT2D eigenvalue weighted by Crippen LogP contribution is 2.34. The van der Waals surface area contributed by atoms with Gasteiger partial charge >= 0.3 is 0 Å². The highest BCUT2D eigenvalue weighted by Gasteiger charge is 2.35. The first kappa shape index (κ1) is 17.5. The van der Waals surface area contributed by atoms with Gasteiger partial charge in [-0.2, -0.15) is 0 Å². The van der Waals surface area contributed by atoms with Crippen molar-refractivity contribution in [1.82, 2.24) is 9.66 Å². The van der Waals surface area contributed by atoms with Crippen LogP contribution in [0.2, 0.25) is 0 Å². The molecule has 1 aromatic carbocycles. The Morgan fingerprint density at radius 3 is 2.39 bits per heavy atom. The number of rotatable bonds is 9. The van der Waals surface area contributed by atoms with Gasteiger partial charge in [-0.05, 0) is 31.4 Å². The van der Waals surface area contributed by atoms with E-state index in [-0.39, 0.29) is 5.54 Å². The molecule has 2 aromatic rings. The summed E-state index contributed by atoms with van der Waals surface area (Å²) in [7, 11) is 0. The minimum Gasteiger partial charge on any atom is -0.330 e. The van der Waals surface area contributed by atoms with Crippen molar-refractivity contribution in [3.63, 3.8) is 0 Å². The van der Waals surface area contributed by atoms with Gasteiger partial charge in [0.1, 0.15) is 6.33 Å². The zero-order chi connectivity index (χ0) is 16.7. The average Bonchev–Trinajstić information content (AvgIpc) is 3.05. The Labute approximate surface area is 140 Å². The molecule has 0 amide bonds. The van der Waals surface area contributed by atoms with Gasteiger partial charge < -0.3 is 10.7 Å². The van der Waals surface area contributed by atoms with E-state index in [4.69, 9.17) is 5.73 Å². The van der Waals surface area contributed by atoms with E-state index >= 15 is 0 Å². The highest BCUT2D eigenvalue weighted by molar-refractivity contribution is 5.29. The molecular formula is C19H30N4. The smallest absolute Gasteiger partial charge is 0.114 e. The molecule has 0 aliphatic carbocycles. The van der Waals surface area contributed by atoms with E-state index in [0.29, 0.717) is 6.54 Å². The third-order valence-electron chi connectivity index (χ3n) is 4.71. The number of imidazole rings is 1. The summed E-state index contributed by atoms with van der Waals surface area (Å²) in [5.41, 5.74) is 8.08. The van der Waals surface area contributed by atoms with Crippen molar-refractivity contribution in [3.05, 3.63) is 54.1 Å². The number of nitrogens with two attached hydrogens (primary N) is 1. The van der Waals surface area contributed by atoms with E-state index in [9.17, 15) is 0 Å². The second-order valence-corrected chi connectivity index (χ2v) is 6.01. The molecule has 0 bridgehead atoms. The molecule has 4 heteroatoms. The standard InChI is InChI=1S/C19H30N4/c1-4-14-23(22-15-18(12-13-20)21-16-22)19(5-2,6-3)17-10-8-7-9-11-17/h7-11,15-16H,4-6,12-14,20H2,1-3H3. The van der Waals surface area contributed by atoms with Crippen LogP contribution < -0.4 is 10.7 Å². The Balaban J connectivity index is 2.46. The van der Waals surface area contributed by atoms with Crippen molar-refractivity contribution in [1.29, 1.82) is 0 Å². The fraction of sp³-hybridized carbons (Fsp3) is 0.526. The van der Waals surface area contributed by atoms with E-state index in [1.165, 1.54) is 5.56 Å². The van der Waals surface area contributed by atoms with Gasteiger partial charge in [-0.15, -0.1) is 0 Å². The molecule has 2 rings (SSSR count). The molecule has 0 saturated heterocycles. The number of aromatic nitrogens is 2. The fourth-order valence-corrected chi connectivity index (χ4v) is 3.44. The molecular weight excluding hydrogens is 284 g/mol. The molecule has 0 unspecified atom stereocenters. The van der Waals surface area contributed by atoms with Crippen LogP contribution in [0.25, 0.3) is 0 Å². The van der Waals surface area contributed by atoms with E-state index in [2.05, 4.69) is 72.0 Å². The lowest BCUT2D eigenvalue weighted by Gasteiger charge is -2.45. The molecule has 2 N–H and O–H groups in total. The normalized spacial score (nSPS) is 11.7. The summed E-state index contributed by atoms with van der Waals surface area (Å²) in [5, 5.41) is 2.47. The monoisotopic (exact) mass is 314 g/mol. The molecule has 0 saturated carbocycles. The Kier molecular flexibility index (Phi) is 6.22. The quantitative estimate of drug-likeness (QED) is 0.771. The van der Waals surface area contributed by atoms with Crippen molar-refractivity contribution in [2.24, 2.45) is 5.73 Å². The van der Waals surface area contributed by atoms with E-state index in [0.717, 1.165) is 37.9 Å². The van der Waals surface area contributed by atoms with Crippen molar-refractivity contribution in [2.45, 2.75) is 52.0 Å². The van der Waals surface area contributed by atoms with Gasteiger partial charge in [0.25, 0.3) is 0 Å². The molecule has 0 radical (unpaired) electrons. The number of benzene rings is 1. The van der Waals surface area contributed by atoms with Crippen LogP contribution in [0.4, 0.5) is 0 Å². The maximum Gasteiger partial charge on any atom is 0.114 e. The summed E-state index contributed by atoms with van der Waals surface area (Å²) >= 11 is 0. The van der Waals surface area contributed by atoms with Crippen LogP contribution in [-0.2, 0) is 12.0 Å². The summed E-state index contributed by atoms with van der Waals surface area (Å²) in [6.45, 7) is 8.41. The summed E-state index contributed by atoms with van der Waals surface area (Å²) in [6.07, 6.45) is 8.09. The minimum atomic E-state index is -0.0159. The maximum absolute atomic E-state index is 5.67. The van der Waals surface area contributed by atoms with Gasteiger partial charge in [-0.1, -0.05) is 51.1 Å². The SMILES string of the molecule is CCCN(n1cnc(CCN)c1)C(CC)(CC)c1ccccc1. The lowest BCUT2D eigenvalue weighted by atomic mass is 9.84. The second-order valence-electron chi connectivity index (χ2n) is 6.01. The first-order chi connectivity index (χ1) is 11.2. The van der Waals surface area contributed by atoms with Crippen LogP contribution in [0.5, 0.6) is 0 Å². The van der Waals surface area contributed by atoms with E-state index < -0.39 is 0 Å². The Hall–Kier alpha value is -1.81. The van der Waals surface area contributed by atoms with Crippen LogP contribution in [0.15, 0.2) is 42.9 Å². The molecule has 0 aliphatic heterocycles. The average molecular weight is 314 g/mol. The van der Waals surface area contributed by atoms with Crippen molar-refractivity contribution in [2.75, 3.05) is 18.1 Å². The van der Waals surface area contributed by atoms with Crippen molar-refractivity contribution in [3.8, 4) is 0 Å². The molecule has 0 fully saturated rings. The molecule has 0 atom stereocenters. The second kappa shape index (κ2) is 8.16. The van der Waals surface area contributed by atoms with Crippen LogP contribution in [0.3, 0.4) is 0 Å². The molecule has 1 heterocycles. The third-order valence-corrected chi connectivity index (χ3v) is 4.71. The lowest BCUT2D eigenvalue weighted by Crippen LogP contribution is -2.52. The number of hydrogen-bond donors (Lipinski definition) is 1. The molecule has 0 spiro atoms. The van der Waals surface area contributed by atoms with Crippen LogP contribution in [-0.4, -0.2) is 22.7 Å². The van der Waals surface area contributed by atoms with Crippen LogP contribution in [0.1, 0.15) is 51.3 Å². The van der Waals surface area contributed by atoms with E-state index in [1.807, 2.05) is 6.33 Å². The summed E-state index contributed by atoms with van der Waals surface area (Å²) < 4.78 is 2.18. The molecule has 4 nitrogen and oxygen atoms in total. The number of nitrogens with zero attached hydrogens (tertiary/aromatic N) is 3. The molecule has 1 aromatic heterocycles. The Bertz CT molecular complexity index is 572. The predicted octanol–water partition coefficient (Wildman–Crippen LogP) is 3.45. The zero-order valence-electron chi connectivity index (χ0n) is 14.7. The summed E-state index contributed by atoms with van der Waals surface area (Å²) in [4.78, 5) is 4.53. The Morgan fingerprint density at radius 2 is 1.83 bits per heavy atom. The first-order valence-electron chi connectivity index (χ1n) is 8.78. The van der Waals surface area contributed by atoms with Gasteiger partial charge in [0.05, 0.1) is 11.2 Å². The summed E-state index contributed by atoms with van der Waals surface area (Å²) in [5.74, 6) is 0. The predicted molar refractivity (Wildman–Crippen MR) is 97.1 cm³/mol. The van der Waals surface area contributed by atoms with E-state index in [1.54, 1.807) is 0 Å². The van der Waals surface area contributed by atoms with Gasteiger partial charge in [0.2, 0.25) is 0 Å². The van der Waals surface area contributed by atoms with Gasteiger partial charge in [0, 0.05) is 19.2 Å². The van der Waals surface area contributed by atoms with Crippen molar-refractivity contribution < 1.29 is 0 Å². The molecule has 126 valence electrons. The fourth-order valence-electron chi connectivity index (χ4n) is 3.44. The molecule has 23 heavy (non-hydrogen) atoms. The molecule has 0 aliphatic rings. The minimum absolute atomic E-state index is 0.0159. The largest absolute Gasteiger partial charge is 0.330 e. The topological polar surface area (TPSA) is 47.1 Å². The third kappa shape index (κ3) is 3.58. The Morgan fingerprint density at radius 1 is 1.13 bits per heavy atom. The first-order valence-corrected chi connectivity index (χ1v) is 8.78. The van der Waals surface area contributed by atoms with Crippen LogP contribution >= 0.6 is 0 Å².